The molecule has 0 aliphatic carbocycles. The van der Waals surface area contributed by atoms with Crippen molar-refractivity contribution in [2.75, 3.05) is 12.0 Å². The van der Waals surface area contributed by atoms with Gasteiger partial charge in [-0.3, -0.25) is 0 Å². The van der Waals surface area contributed by atoms with E-state index in [9.17, 15) is 8.42 Å². The monoisotopic (exact) mass is 216 g/mol. The van der Waals surface area contributed by atoms with Gasteiger partial charge in [-0.05, 0) is 6.42 Å². The van der Waals surface area contributed by atoms with Crippen LogP contribution in [0, 0.1) is 0 Å². The van der Waals surface area contributed by atoms with E-state index < -0.39 is 9.84 Å². The third kappa shape index (κ3) is 1.68. The van der Waals surface area contributed by atoms with E-state index in [1.807, 2.05) is 0 Å². The average molecular weight is 216 g/mol. The third-order valence-electron chi connectivity index (χ3n) is 1.74. The Labute approximate surface area is 80.7 Å². The minimum Gasteiger partial charge on any atom is -0.226 e. The molecule has 0 amide bonds. The highest BCUT2D eigenvalue weighted by molar-refractivity contribution is 7.99. The van der Waals surface area contributed by atoms with Crippen LogP contribution in [0.2, 0.25) is 0 Å². The van der Waals surface area contributed by atoms with Gasteiger partial charge in [0.1, 0.15) is 5.03 Å². The molecular formula is C7H8N2O2S2. The highest BCUT2D eigenvalue weighted by Gasteiger charge is 2.18. The second kappa shape index (κ2) is 2.95. The summed E-state index contributed by atoms with van der Waals surface area (Å²) >= 11 is 1.58. The molecule has 0 atom stereocenters. The molecule has 1 aromatic heterocycles. The van der Waals surface area contributed by atoms with Gasteiger partial charge in [-0.15, -0.1) is 11.8 Å². The first-order chi connectivity index (χ1) is 6.07. The molecule has 4 nitrogen and oxygen atoms in total. The van der Waals surface area contributed by atoms with Crippen molar-refractivity contribution in [3.63, 3.8) is 0 Å². The molecule has 0 spiro atoms. The molecule has 0 aromatic carbocycles. The average Bonchev–Trinajstić information content (AvgIpc) is 2.47. The first-order valence-corrected chi connectivity index (χ1v) is 6.64. The van der Waals surface area contributed by atoms with Crippen LogP contribution in [0.15, 0.2) is 16.4 Å². The zero-order valence-corrected chi connectivity index (χ0v) is 8.65. The Kier molecular flexibility index (Phi) is 2.03. The molecule has 1 aliphatic rings. The van der Waals surface area contributed by atoms with Crippen molar-refractivity contribution < 1.29 is 8.42 Å². The van der Waals surface area contributed by atoms with Gasteiger partial charge in [0.05, 0.1) is 0 Å². The van der Waals surface area contributed by atoms with Crippen LogP contribution in [0.25, 0.3) is 0 Å². The Bertz CT molecular complexity index is 442. The van der Waals surface area contributed by atoms with Gasteiger partial charge >= 0.3 is 0 Å². The van der Waals surface area contributed by atoms with E-state index in [4.69, 9.17) is 0 Å². The van der Waals surface area contributed by atoms with Crippen molar-refractivity contribution in [2.45, 2.75) is 16.6 Å². The summed E-state index contributed by atoms with van der Waals surface area (Å²) in [6.45, 7) is 0. The molecule has 0 unspecified atom stereocenters. The topological polar surface area (TPSA) is 59.9 Å². The number of rotatable bonds is 1. The van der Waals surface area contributed by atoms with Gasteiger partial charge < -0.3 is 0 Å². The van der Waals surface area contributed by atoms with E-state index in [0.717, 1.165) is 29.0 Å². The van der Waals surface area contributed by atoms with Crippen LogP contribution in [0.3, 0.4) is 0 Å². The van der Waals surface area contributed by atoms with Crippen LogP contribution in [-0.4, -0.2) is 30.4 Å². The number of hydrogen-bond acceptors (Lipinski definition) is 5. The highest BCUT2D eigenvalue weighted by atomic mass is 32.2. The maximum atomic E-state index is 11.1. The predicted octanol–water partition coefficient (Wildman–Crippen LogP) is 0.528. The fraction of sp³-hybridized carbons (Fsp3) is 0.429. The molecule has 0 fully saturated rings. The van der Waals surface area contributed by atoms with Crippen LogP contribution < -0.4 is 0 Å². The van der Waals surface area contributed by atoms with Crippen molar-refractivity contribution in [2.24, 2.45) is 0 Å². The Morgan fingerprint density at radius 3 is 3.00 bits per heavy atom. The fourth-order valence-electron chi connectivity index (χ4n) is 1.11. The van der Waals surface area contributed by atoms with Crippen LogP contribution in [-0.2, 0) is 16.3 Å². The van der Waals surface area contributed by atoms with Gasteiger partial charge in [-0.25, -0.2) is 18.4 Å². The molecule has 2 heterocycles. The van der Waals surface area contributed by atoms with Gasteiger partial charge in [-0.1, -0.05) is 0 Å². The molecule has 2 rings (SSSR count). The second-order valence-electron chi connectivity index (χ2n) is 2.85. The third-order valence-corrected chi connectivity index (χ3v) is 3.64. The van der Waals surface area contributed by atoms with Crippen molar-refractivity contribution >= 4 is 21.6 Å². The number of hydrogen-bond donors (Lipinski definition) is 0. The van der Waals surface area contributed by atoms with E-state index >= 15 is 0 Å². The zero-order valence-electron chi connectivity index (χ0n) is 7.02. The molecule has 0 saturated carbocycles. The zero-order chi connectivity index (χ0) is 9.47. The van der Waals surface area contributed by atoms with Gasteiger partial charge in [-0.2, -0.15) is 0 Å². The van der Waals surface area contributed by atoms with Crippen LogP contribution >= 0.6 is 11.8 Å². The summed E-state index contributed by atoms with van der Waals surface area (Å²) in [5, 5.41) is 0.746. The van der Waals surface area contributed by atoms with E-state index in [1.165, 1.54) is 0 Å². The molecule has 13 heavy (non-hydrogen) atoms. The Morgan fingerprint density at radius 2 is 2.31 bits per heavy atom. The van der Waals surface area contributed by atoms with Crippen molar-refractivity contribution in [1.82, 2.24) is 9.97 Å². The fourth-order valence-corrected chi connectivity index (χ4v) is 2.67. The van der Waals surface area contributed by atoms with E-state index in [1.54, 1.807) is 18.0 Å². The van der Waals surface area contributed by atoms with E-state index in [-0.39, 0.29) is 5.16 Å². The lowest BCUT2D eigenvalue weighted by molar-refractivity contribution is 0.590. The Morgan fingerprint density at radius 1 is 1.54 bits per heavy atom. The molecule has 70 valence electrons. The maximum Gasteiger partial charge on any atom is 0.247 e. The number of aromatic nitrogens is 2. The normalized spacial score (nSPS) is 15.8. The van der Waals surface area contributed by atoms with Crippen LogP contribution in [0.4, 0.5) is 0 Å². The molecule has 0 saturated heterocycles. The summed E-state index contributed by atoms with van der Waals surface area (Å²) in [7, 11) is -3.26. The SMILES string of the molecule is CS(=O)(=O)c1ncc2c(n1)SCC2. The summed E-state index contributed by atoms with van der Waals surface area (Å²) in [5.41, 5.74) is 1.05. The molecule has 1 aromatic rings. The van der Waals surface area contributed by atoms with Crippen molar-refractivity contribution in [1.29, 1.82) is 0 Å². The van der Waals surface area contributed by atoms with Crippen molar-refractivity contribution in [3.05, 3.63) is 11.8 Å². The first-order valence-electron chi connectivity index (χ1n) is 3.76. The standard InChI is InChI=1S/C7H8N2O2S2/c1-13(10,11)7-8-4-5-2-3-12-6(5)9-7/h4H,2-3H2,1H3. The Hall–Kier alpha value is -0.620. The van der Waals surface area contributed by atoms with Gasteiger partial charge in [0, 0.05) is 23.8 Å². The Balaban J connectivity index is 2.54. The van der Waals surface area contributed by atoms with Gasteiger partial charge in [0.2, 0.25) is 15.0 Å². The molecular weight excluding hydrogens is 208 g/mol. The lowest BCUT2D eigenvalue weighted by Gasteiger charge is -1.98. The lowest BCUT2D eigenvalue weighted by Crippen LogP contribution is -2.04. The molecule has 6 heteroatoms. The van der Waals surface area contributed by atoms with Crippen LogP contribution in [0.1, 0.15) is 5.56 Å². The largest absolute Gasteiger partial charge is 0.247 e. The smallest absolute Gasteiger partial charge is 0.226 e. The van der Waals surface area contributed by atoms with E-state index in [0.29, 0.717) is 0 Å². The number of aryl methyl sites for hydroxylation is 1. The summed E-state index contributed by atoms with van der Waals surface area (Å²) in [4.78, 5) is 7.80. The molecule has 0 bridgehead atoms. The number of thioether (sulfide) groups is 1. The minimum atomic E-state index is -3.26. The summed E-state index contributed by atoms with van der Waals surface area (Å²) in [6, 6.07) is 0. The number of fused-ring (bicyclic) bond motifs is 1. The number of sulfone groups is 1. The number of nitrogens with zero attached hydrogens (tertiary/aromatic N) is 2. The molecule has 0 radical (unpaired) electrons. The van der Waals surface area contributed by atoms with E-state index in [2.05, 4.69) is 9.97 Å². The van der Waals surface area contributed by atoms with Gasteiger partial charge in [0.25, 0.3) is 0 Å². The summed E-state index contributed by atoms with van der Waals surface area (Å²) < 4.78 is 22.2. The summed E-state index contributed by atoms with van der Waals surface area (Å²) in [6.07, 6.45) is 3.66. The first kappa shape index (κ1) is 8.96. The maximum absolute atomic E-state index is 11.1. The predicted molar refractivity (Wildman–Crippen MR) is 49.6 cm³/mol. The quantitative estimate of drug-likeness (QED) is 0.506. The molecule has 0 N–H and O–H groups in total. The highest BCUT2D eigenvalue weighted by Crippen LogP contribution is 2.28. The van der Waals surface area contributed by atoms with Crippen LogP contribution in [0.5, 0.6) is 0 Å². The van der Waals surface area contributed by atoms with Crippen molar-refractivity contribution in [3.8, 4) is 0 Å². The summed E-state index contributed by atoms with van der Waals surface area (Å²) in [5.74, 6) is 0.969. The second-order valence-corrected chi connectivity index (χ2v) is 5.85. The molecule has 1 aliphatic heterocycles. The lowest BCUT2D eigenvalue weighted by atomic mass is 10.3. The minimum absolute atomic E-state index is 0.0688. The van der Waals surface area contributed by atoms with Gasteiger partial charge in [0.15, 0.2) is 0 Å².